The van der Waals surface area contributed by atoms with E-state index in [0.717, 1.165) is 89.6 Å². The Kier molecular flexibility index (Phi) is 11.8. The SMILES string of the molecule is CCCCCC(C(=O)CCc1ccc2c(c1)OC1C(C#CC(O)c3ccc4c(c3CC3=C5CN1C=C5N=C3)CC=NC4N)C1(C#CO2)CCCC1)C(O)C1C=CC(C)CC1O. The van der Waals surface area contributed by atoms with E-state index in [4.69, 9.17) is 20.2 Å². The summed E-state index contributed by atoms with van der Waals surface area (Å²) in [4.78, 5) is 25.6. The minimum atomic E-state index is -1.06. The zero-order valence-electron chi connectivity index (χ0n) is 35.4. The van der Waals surface area contributed by atoms with Crippen LogP contribution in [0.5, 0.6) is 11.5 Å². The number of aryl methyl sites for hydroxylation is 1. The van der Waals surface area contributed by atoms with Gasteiger partial charge in [-0.15, -0.1) is 0 Å². The lowest BCUT2D eigenvalue weighted by molar-refractivity contribution is -0.129. The first kappa shape index (κ1) is 41.4. The Bertz CT molecular complexity index is 2330. The van der Waals surface area contributed by atoms with Gasteiger partial charge in [-0.05, 0) is 83.5 Å². The monoisotopic (exact) mass is 822 g/mol. The lowest BCUT2D eigenvalue weighted by atomic mass is 9.73. The van der Waals surface area contributed by atoms with Crippen LogP contribution in [0.2, 0.25) is 0 Å². The third kappa shape index (κ3) is 8.12. The van der Waals surface area contributed by atoms with E-state index in [0.29, 0.717) is 50.1 Å². The van der Waals surface area contributed by atoms with Crippen molar-refractivity contribution in [1.29, 1.82) is 0 Å². The van der Waals surface area contributed by atoms with E-state index < -0.39 is 53.9 Å². The molecule has 1 saturated carbocycles. The first-order valence-electron chi connectivity index (χ1n) is 22.5. The summed E-state index contributed by atoms with van der Waals surface area (Å²) in [6.45, 7) is 4.75. The first-order chi connectivity index (χ1) is 29.6. The number of fused-ring (bicyclic) bond motifs is 8. The number of ether oxygens (including phenoxy) is 2. The highest BCUT2D eigenvalue weighted by Gasteiger charge is 2.48. The molecule has 318 valence electrons. The summed E-state index contributed by atoms with van der Waals surface area (Å²) in [7, 11) is 0. The highest BCUT2D eigenvalue weighted by Crippen LogP contribution is 2.49. The zero-order chi connectivity index (χ0) is 42.3. The molecule has 9 rings (SSSR count). The lowest BCUT2D eigenvalue weighted by Gasteiger charge is -2.39. The molecule has 0 radical (unpaired) electrons. The van der Waals surface area contributed by atoms with Gasteiger partial charge in [0.2, 0.25) is 0 Å². The average Bonchev–Trinajstić information content (AvgIpc) is 4.00. The second-order valence-corrected chi connectivity index (χ2v) is 18.3. The number of unbranched alkanes of at least 4 members (excludes halogenated alkanes) is 2. The summed E-state index contributed by atoms with van der Waals surface area (Å²) in [6.07, 6.45) is 18.7. The van der Waals surface area contributed by atoms with Gasteiger partial charge in [-0.3, -0.25) is 14.8 Å². The zero-order valence-corrected chi connectivity index (χ0v) is 35.4. The third-order valence-corrected chi connectivity index (χ3v) is 14.2. The Balaban J connectivity index is 1.04. The van der Waals surface area contributed by atoms with Crippen LogP contribution in [0.25, 0.3) is 0 Å². The molecule has 2 aromatic rings. The van der Waals surface area contributed by atoms with Crippen LogP contribution in [0.1, 0.15) is 118 Å². The summed E-state index contributed by atoms with van der Waals surface area (Å²) < 4.78 is 13.4. The molecule has 10 heteroatoms. The number of nitrogens with two attached hydrogens (primary N) is 1. The fraction of sp³-hybridized carbons (Fsp3) is 0.510. The van der Waals surface area contributed by atoms with Gasteiger partial charge in [0.15, 0.2) is 17.7 Å². The Morgan fingerprint density at radius 1 is 1.07 bits per heavy atom. The van der Waals surface area contributed by atoms with E-state index in [2.05, 4.69) is 53.8 Å². The number of hydrogen-bond acceptors (Lipinski definition) is 10. The van der Waals surface area contributed by atoms with Crippen LogP contribution >= 0.6 is 0 Å². The molecule has 10 nitrogen and oxygen atoms in total. The number of carbonyl (C=O) groups is 1. The smallest absolute Gasteiger partial charge is 0.187 e. The van der Waals surface area contributed by atoms with E-state index in [9.17, 15) is 20.1 Å². The molecule has 1 spiro atoms. The molecule has 2 bridgehead atoms. The molecule has 7 aliphatic rings. The minimum absolute atomic E-state index is 0.00344. The van der Waals surface area contributed by atoms with E-state index in [-0.39, 0.29) is 18.1 Å². The number of Topliss-reactive ketones (excluding diaryl/α,β-unsaturated/α-hetero) is 1. The molecule has 5 N–H and O–H groups in total. The topological polar surface area (TPSA) is 150 Å². The third-order valence-electron chi connectivity index (χ3n) is 14.2. The molecule has 1 fully saturated rings. The normalized spacial score (nSPS) is 28.7. The molecule has 0 amide bonds. The van der Waals surface area contributed by atoms with Gasteiger partial charge in [0, 0.05) is 61.8 Å². The van der Waals surface area contributed by atoms with Crippen molar-refractivity contribution in [1.82, 2.24) is 4.90 Å². The number of aliphatic hydroxyl groups is 3. The number of aliphatic imine (C=N–C) groups is 2. The molecule has 2 aromatic carbocycles. The first-order valence-corrected chi connectivity index (χ1v) is 22.5. The number of nitrogens with zero attached hydrogens (tertiary/aromatic N) is 3. The van der Waals surface area contributed by atoms with Crippen molar-refractivity contribution in [3.05, 3.63) is 93.3 Å². The fourth-order valence-corrected chi connectivity index (χ4v) is 10.7. The fourth-order valence-electron chi connectivity index (χ4n) is 10.7. The van der Waals surface area contributed by atoms with Crippen LogP contribution in [0.15, 0.2) is 75.5 Å². The number of carbonyl (C=O) groups excluding carboxylic acids is 1. The highest BCUT2D eigenvalue weighted by molar-refractivity contribution is 5.88. The van der Waals surface area contributed by atoms with Crippen molar-refractivity contribution in [3.63, 3.8) is 0 Å². The van der Waals surface area contributed by atoms with Crippen LogP contribution in [-0.4, -0.2) is 63.4 Å². The average molecular weight is 823 g/mol. The van der Waals surface area contributed by atoms with Crippen molar-refractivity contribution < 1.29 is 29.6 Å². The van der Waals surface area contributed by atoms with Crippen LogP contribution in [0.4, 0.5) is 0 Å². The maximum absolute atomic E-state index is 14.0. The van der Waals surface area contributed by atoms with Gasteiger partial charge in [-0.1, -0.05) is 94.1 Å². The highest BCUT2D eigenvalue weighted by atomic mass is 16.5. The molecular formula is C51H58N4O6. The summed E-state index contributed by atoms with van der Waals surface area (Å²) in [5.41, 5.74) is 13.8. The number of aliphatic hydroxyl groups excluding tert-OH is 3. The Labute approximate surface area is 359 Å². The van der Waals surface area contributed by atoms with E-state index in [1.54, 1.807) is 0 Å². The molecule has 61 heavy (non-hydrogen) atoms. The van der Waals surface area contributed by atoms with Crippen LogP contribution < -0.4 is 15.2 Å². The van der Waals surface area contributed by atoms with Gasteiger partial charge >= 0.3 is 0 Å². The largest absolute Gasteiger partial charge is 0.465 e. The molecule has 5 heterocycles. The Morgan fingerprint density at radius 2 is 1.90 bits per heavy atom. The van der Waals surface area contributed by atoms with Crippen LogP contribution in [-0.2, 0) is 24.1 Å². The maximum atomic E-state index is 14.0. The molecule has 9 unspecified atom stereocenters. The van der Waals surface area contributed by atoms with Crippen LogP contribution in [0.3, 0.4) is 0 Å². The lowest BCUT2D eigenvalue weighted by Crippen LogP contribution is -2.47. The van der Waals surface area contributed by atoms with Crippen molar-refractivity contribution in [2.75, 3.05) is 6.54 Å². The van der Waals surface area contributed by atoms with Gasteiger partial charge < -0.3 is 35.4 Å². The molecule has 5 aliphatic heterocycles. The minimum Gasteiger partial charge on any atom is -0.465 e. The molecule has 0 aromatic heterocycles. The maximum Gasteiger partial charge on any atom is 0.187 e. The number of allylic oxidation sites excluding steroid dienone is 2. The van der Waals surface area contributed by atoms with Crippen LogP contribution in [0, 0.1) is 53.0 Å². The molecule has 0 saturated heterocycles. The van der Waals surface area contributed by atoms with E-state index >= 15 is 0 Å². The predicted octanol–water partition coefficient (Wildman–Crippen LogP) is 6.97. The summed E-state index contributed by atoms with van der Waals surface area (Å²) in [5.74, 6) is 10.2. The quantitative estimate of drug-likeness (QED) is 0.114. The molecular weight excluding hydrogens is 765 g/mol. The second kappa shape index (κ2) is 17.4. The number of rotatable bonds is 10. The number of hydrogen-bond donors (Lipinski definition) is 4. The number of benzene rings is 2. The molecule has 2 aliphatic carbocycles. The predicted molar refractivity (Wildman–Crippen MR) is 235 cm³/mol. The van der Waals surface area contributed by atoms with Gasteiger partial charge in [-0.25, -0.2) is 0 Å². The summed E-state index contributed by atoms with van der Waals surface area (Å²) in [5, 5.41) is 34.5. The van der Waals surface area contributed by atoms with Gasteiger partial charge in [-0.2, -0.15) is 0 Å². The van der Waals surface area contributed by atoms with E-state index in [1.807, 2.05) is 54.9 Å². The van der Waals surface area contributed by atoms with Gasteiger partial charge in [0.1, 0.15) is 24.2 Å². The van der Waals surface area contributed by atoms with Gasteiger partial charge in [0.05, 0.1) is 29.2 Å². The molecule has 9 atom stereocenters. The summed E-state index contributed by atoms with van der Waals surface area (Å²) >= 11 is 0. The Hall–Kier alpha value is -4.97. The van der Waals surface area contributed by atoms with Crippen molar-refractivity contribution in [3.8, 4) is 35.4 Å². The van der Waals surface area contributed by atoms with Gasteiger partial charge in [0.25, 0.3) is 0 Å². The van der Waals surface area contributed by atoms with Crippen molar-refractivity contribution in [2.24, 2.45) is 44.8 Å². The second-order valence-electron chi connectivity index (χ2n) is 18.3. The standard InChI is InChI=1S/C51H58N4O6/c1-3-4-5-8-37(48(59)38-12-9-31(2)25-45(38)58)44(57)16-10-32-11-18-46-47(26-32)61-50-41(51(22-24-60-46)20-6-7-21-51)15-17-43(56)35-13-14-36-34(19-23-53-49(36)52)39(35)27-33-28-54-42-30-55(50)29-40(33)42/h9,11-14,18,23,26,28,30-31,37-38,41,43,45,48-50,56,58-59H,3-8,10,16,19-21,25,27,29,52H2,1-2H3. The van der Waals surface area contributed by atoms with Crippen molar-refractivity contribution >= 4 is 18.2 Å². The summed E-state index contributed by atoms with van der Waals surface area (Å²) in [6, 6.07) is 9.71. The Morgan fingerprint density at radius 3 is 2.72 bits per heavy atom. The van der Waals surface area contributed by atoms with Crippen molar-refractivity contribution in [2.45, 2.75) is 128 Å². The number of ketones is 1. The van der Waals surface area contributed by atoms with E-state index in [1.165, 1.54) is 0 Å².